The lowest BCUT2D eigenvalue weighted by Crippen LogP contribution is -2.62. The minimum atomic E-state index is -1.22. The molecule has 1 atom stereocenters. The van der Waals surface area contributed by atoms with Gasteiger partial charge in [-0.1, -0.05) is 42.0 Å². The zero-order valence-electron chi connectivity index (χ0n) is 19.3. The number of carbonyl (C=O) groups is 3. The first-order chi connectivity index (χ1) is 16.2. The van der Waals surface area contributed by atoms with Crippen LogP contribution in [-0.4, -0.2) is 45.0 Å². The average Bonchev–Trinajstić information content (AvgIpc) is 3.24. The zero-order valence-corrected chi connectivity index (χ0v) is 19.3. The van der Waals surface area contributed by atoms with Gasteiger partial charge >= 0.3 is 0 Å². The van der Waals surface area contributed by atoms with E-state index in [1.807, 2.05) is 31.2 Å². The summed E-state index contributed by atoms with van der Waals surface area (Å²) in [6, 6.07) is 15.0. The van der Waals surface area contributed by atoms with Crippen LogP contribution in [0.5, 0.6) is 0 Å². The van der Waals surface area contributed by atoms with Crippen molar-refractivity contribution in [2.45, 2.75) is 39.0 Å². The molecule has 0 bridgehead atoms. The molecule has 0 spiro atoms. The van der Waals surface area contributed by atoms with E-state index in [-0.39, 0.29) is 36.2 Å². The average molecular weight is 464 g/mol. The number of amides is 3. The van der Waals surface area contributed by atoms with Crippen LogP contribution in [0.3, 0.4) is 0 Å². The summed E-state index contributed by atoms with van der Waals surface area (Å²) in [6.45, 7) is 4.23. The molecule has 1 unspecified atom stereocenters. The molecule has 3 amide bonds. The topological polar surface area (TPSA) is 96.3 Å². The third kappa shape index (κ3) is 4.54. The van der Waals surface area contributed by atoms with Gasteiger partial charge in [-0.3, -0.25) is 19.1 Å². The van der Waals surface area contributed by atoms with Gasteiger partial charge in [0.15, 0.2) is 5.69 Å². The molecule has 1 aliphatic rings. The molecule has 34 heavy (non-hydrogen) atoms. The van der Waals surface area contributed by atoms with E-state index in [1.165, 1.54) is 27.8 Å². The maximum Gasteiger partial charge on any atom is 0.272 e. The summed E-state index contributed by atoms with van der Waals surface area (Å²) < 4.78 is 14.5. The highest BCUT2D eigenvalue weighted by Gasteiger charge is 2.46. The molecule has 0 radical (unpaired) electrons. The Labute approximate surface area is 196 Å². The van der Waals surface area contributed by atoms with Crippen molar-refractivity contribution in [1.29, 1.82) is 0 Å². The fourth-order valence-electron chi connectivity index (χ4n) is 3.91. The summed E-state index contributed by atoms with van der Waals surface area (Å²) >= 11 is 0. The lowest BCUT2D eigenvalue weighted by Gasteiger charge is -2.40. The molecule has 2 N–H and O–H groups in total. The van der Waals surface area contributed by atoms with E-state index in [4.69, 9.17) is 0 Å². The summed E-state index contributed by atoms with van der Waals surface area (Å²) in [4.78, 5) is 40.1. The number of hydrogen-bond donors (Lipinski definition) is 2. The Morgan fingerprint density at radius 3 is 2.47 bits per heavy atom. The van der Waals surface area contributed by atoms with Crippen LogP contribution in [-0.2, 0) is 24.4 Å². The van der Waals surface area contributed by atoms with Crippen molar-refractivity contribution in [2.75, 3.05) is 7.05 Å². The van der Waals surface area contributed by atoms with E-state index < -0.39 is 17.4 Å². The lowest BCUT2D eigenvalue weighted by atomic mass is 9.96. The first-order valence-corrected chi connectivity index (χ1v) is 10.9. The molecule has 0 saturated heterocycles. The van der Waals surface area contributed by atoms with E-state index in [2.05, 4.69) is 15.7 Å². The Bertz CT molecular complexity index is 1250. The summed E-state index contributed by atoms with van der Waals surface area (Å²) in [5, 5.41) is 9.93. The van der Waals surface area contributed by atoms with Crippen LogP contribution in [0.15, 0.2) is 54.6 Å². The Morgan fingerprint density at radius 1 is 1.06 bits per heavy atom. The maximum absolute atomic E-state index is 13.1. The molecule has 176 valence electrons. The van der Waals surface area contributed by atoms with Gasteiger partial charge in [-0.15, -0.1) is 0 Å². The minimum absolute atomic E-state index is 0.0883. The molecular weight excluding hydrogens is 437 g/mol. The molecule has 1 aliphatic heterocycles. The maximum atomic E-state index is 13.1. The highest BCUT2D eigenvalue weighted by atomic mass is 19.1. The molecule has 3 aromatic rings. The van der Waals surface area contributed by atoms with Crippen LogP contribution >= 0.6 is 0 Å². The van der Waals surface area contributed by atoms with Gasteiger partial charge in [0.2, 0.25) is 5.91 Å². The van der Waals surface area contributed by atoms with Gasteiger partial charge in [0.1, 0.15) is 17.1 Å². The highest BCUT2D eigenvalue weighted by Crippen LogP contribution is 2.26. The second-order valence-corrected chi connectivity index (χ2v) is 8.69. The van der Waals surface area contributed by atoms with Crippen molar-refractivity contribution in [2.24, 2.45) is 0 Å². The predicted octanol–water partition coefficient (Wildman–Crippen LogP) is 2.42. The van der Waals surface area contributed by atoms with E-state index >= 15 is 0 Å². The molecule has 2 heterocycles. The predicted molar refractivity (Wildman–Crippen MR) is 123 cm³/mol. The number of aryl methyl sites for hydroxylation is 1. The Balaban J connectivity index is 1.46. The van der Waals surface area contributed by atoms with Crippen LogP contribution < -0.4 is 10.6 Å². The Kier molecular flexibility index (Phi) is 6.19. The van der Waals surface area contributed by atoms with Crippen molar-refractivity contribution < 1.29 is 18.8 Å². The number of aromatic nitrogens is 2. The fourth-order valence-corrected chi connectivity index (χ4v) is 3.91. The fraction of sp³-hybridized carbons (Fsp3) is 0.280. The molecule has 0 aliphatic carbocycles. The second kappa shape index (κ2) is 9.09. The van der Waals surface area contributed by atoms with Crippen molar-refractivity contribution in [1.82, 2.24) is 25.3 Å². The third-order valence-electron chi connectivity index (χ3n) is 6.13. The first kappa shape index (κ1) is 23.2. The highest BCUT2D eigenvalue weighted by molar-refractivity contribution is 6.01. The van der Waals surface area contributed by atoms with Gasteiger partial charge in [-0.25, -0.2) is 4.39 Å². The summed E-state index contributed by atoms with van der Waals surface area (Å²) in [5.74, 6) is -1.54. The molecule has 0 saturated carbocycles. The van der Waals surface area contributed by atoms with Gasteiger partial charge in [0, 0.05) is 26.2 Å². The third-order valence-corrected chi connectivity index (χ3v) is 6.13. The molecule has 9 heteroatoms. The molecule has 0 fully saturated rings. The number of nitrogens with one attached hydrogen (secondary N) is 2. The monoisotopic (exact) mass is 463 g/mol. The molecule has 8 nitrogen and oxygen atoms in total. The van der Waals surface area contributed by atoms with Crippen molar-refractivity contribution in [3.8, 4) is 0 Å². The smallest absolute Gasteiger partial charge is 0.272 e. The standard InChI is InChI=1S/C25H26FN5O3/c1-16-5-4-6-18(11-16)14-27-22(32)20-12-21-23(33)30(3)25(2,15-31(21)29-20)24(34)28-13-17-7-9-19(26)10-8-17/h4-12H,13-15H2,1-3H3,(H,27,32)(H,28,34). The van der Waals surface area contributed by atoms with Crippen molar-refractivity contribution in [3.05, 3.63) is 88.5 Å². The number of fused-ring (bicyclic) bond motifs is 1. The molecule has 4 rings (SSSR count). The van der Waals surface area contributed by atoms with Crippen molar-refractivity contribution in [3.63, 3.8) is 0 Å². The number of hydrogen-bond acceptors (Lipinski definition) is 4. The van der Waals surface area contributed by atoms with Gasteiger partial charge in [-0.2, -0.15) is 5.10 Å². The van der Waals surface area contributed by atoms with Gasteiger partial charge in [-0.05, 0) is 37.1 Å². The number of nitrogens with zero attached hydrogens (tertiary/aromatic N) is 3. The van der Waals surface area contributed by atoms with Crippen LogP contribution in [0.1, 0.15) is 44.6 Å². The minimum Gasteiger partial charge on any atom is -0.350 e. The lowest BCUT2D eigenvalue weighted by molar-refractivity contribution is -0.132. The Morgan fingerprint density at radius 2 is 1.76 bits per heavy atom. The molecular formula is C25H26FN5O3. The quantitative estimate of drug-likeness (QED) is 0.587. The van der Waals surface area contributed by atoms with Crippen LogP contribution in [0, 0.1) is 12.7 Å². The molecule has 1 aromatic heterocycles. The number of benzene rings is 2. The molecule has 2 aromatic carbocycles. The number of carbonyl (C=O) groups excluding carboxylic acids is 3. The summed E-state index contributed by atoms with van der Waals surface area (Å²) in [7, 11) is 1.55. The van der Waals surface area contributed by atoms with Gasteiger partial charge in [0.25, 0.3) is 11.8 Å². The van der Waals surface area contributed by atoms with Gasteiger partial charge < -0.3 is 15.5 Å². The number of halogens is 1. The van der Waals surface area contributed by atoms with E-state index in [0.717, 1.165) is 16.7 Å². The van der Waals surface area contributed by atoms with E-state index in [1.54, 1.807) is 26.1 Å². The van der Waals surface area contributed by atoms with Crippen LogP contribution in [0.25, 0.3) is 0 Å². The normalized spacial score (nSPS) is 17.3. The first-order valence-electron chi connectivity index (χ1n) is 10.9. The second-order valence-electron chi connectivity index (χ2n) is 8.69. The van der Waals surface area contributed by atoms with E-state index in [0.29, 0.717) is 6.54 Å². The van der Waals surface area contributed by atoms with Crippen LogP contribution in [0.4, 0.5) is 4.39 Å². The number of likely N-dealkylation sites (N-methyl/N-ethyl adjacent to an activating group) is 1. The number of rotatable bonds is 6. The van der Waals surface area contributed by atoms with Crippen LogP contribution in [0.2, 0.25) is 0 Å². The van der Waals surface area contributed by atoms with Gasteiger partial charge in [0.05, 0.1) is 6.54 Å². The largest absolute Gasteiger partial charge is 0.350 e. The SMILES string of the molecule is Cc1cccc(CNC(=O)c2cc3n(n2)CC(C)(C(=O)NCc2ccc(F)cc2)N(C)C3=O)c1. The van der Waals surface area contributed by atoms with E-state index in [9.17, 15) is 18.8 Å². The Hall–Kier alpha value is -4.01. The van der Waals surface area contributed by atoms with Crippen molar-refractivity contribution >= 4 is 17.7 Å². The zero-order chi connectivity index (χ0) is 24.5. The summed E-state index contributed by atoms with van der Waals surface area (Å²) in [6.07, 6.45) is 0. The summed E-state index contributed by atoms with van der Waals surface area (Å²) in [5.41, 5.74) is 1.92.